The predicted octanol–water partition coefficient (Wildman–Crippen LogP) is 29.2. The van der Waals surface area contributed by atoms with Crippen LogP contribution in [0.25, 0.3) is 115 Å². The van der Waals surface area contributed by atoms with Crippen molar-refractivity contribution in [1.29, 1.82) is 0 Å². The summed E-state index contributed by atoms with van der Waals surface area (Å²) < 4.78 is 99.3. The van der Waals surface area contributed by atoms with Gasteiger partial charge in [0.15, 0.2) is 0 Å². The molecule has 0 fully saturated rings. The molecule has 0 saturated heterocycles. The number of hydrogen-bond acceptors (Lipinski definition) is 2. The maximum Gasteiger partial charge on any atom is 0.252 e. The van der Waals surface area contributed by atoms with Gasteiger partial charge < -0.3 is 14.4 Å². The summed E-state index contributed by atoms with van der Waals surface area (Å²) >= 11 is 0. The molecule has 2 aliphatic rings. The van der Waals surface area contributed by atoms with E-state index in [9.17, 15) is 12.3 Å². The van der Waals surface area contributed by atoms with Crippen molar-refractivity contribution in [2.45, 2.75) is 183 Å². The summed E-state index contributed by atoms with van der Waals surface area (Å²) in [4.78, 5) is 4.75. The third kappa shape index (κ3) is 12.5. The third-order valence-electron chi connectivity index (χ3n) is 24.1. The molecule has 0 saturated carbocycles. The maximum absolute atomic E-state index is 12.2. The van der Waals surface area contributed by atoms with Gasteiger partial charge in [0.25, 0.3) is 6.71 Å². The van der Waals surface area contributed by atoms with Crippen LogP contribution in [0.4, 0.5) is 34.1 Å². The van der Waals surface area contributed by atoms with Gasteiger partial charge in [0.05, 0.1) is 34.7 Å². The second kappa shape index (κ2) is 26.2. The molecule has 566 valence electrons. The van der Waals surface area contributed by atoms with Crippen LogP contribution in [-0.4, -0.2) is 11.3 Å². The fourth-order valence-corrected chi connectivity index (χ4v) is 17.5. The zero-order valence-corrected chi connectivity index (χ0v) is 70.2. The predicted molar refractivity (Wildman–Crippen MR) is 497 cm³/mol. The van der Waals surface area contributed by atoms with Gasteiger partial charge in [0, 0.05) is 61.5 Å². The molecule has 114 heavy (non-hydrogen) atoms. The minimum Gasteiger partial charge on any atom is -0.310 e. The Balaban J connectivity index is 1.10. The zero-order valence-electron chi connectivity index (χ0n) is 79.2. The second-order valence-corrected chi connectivity index (χ2v) is 39.5. The lowest BCUT2D eigenvalue weighted by atomic mass is 9.33. The summed E-state index contributed by atoms with van der Waals surface area (Å²) in [6.45, 7) is 44.5. The normalized spacial score (nSPS) is 14.7. The third-order valence-corrected chi connectivity index (χ3v) is 24.1. The highest BCUT2D eigenvalue weighted by atomic mass is 15.2. The van der Waals surface area contributed by atoms with Crippen LogP contribution in [0.5, 0.6) is 0 Å². The van der Waals surface area contributed by atoms with Crippen LogP contribution in [-0.2, 0) is 37.9 Å². The highest BCUT2D eigenvalue weighted by Gasteiger charge is 2.47. The summed E-state index contributed by atoms with van der Waals surface area (Å²) in [5.74, 6) is 0. The van der Waals surface area contributed by atoms with Gasteiger partial charge in [-0.2, -0.15) is 0 Å². The lowest BCUT2D eigenvalue weighted by molar-refractivity contribution is 0.590. The standard InChI is InChI=1S/C110H108BN3/c1-104(2,3)75-45-50-93-88(57-75)89-58-76(105(4,5)6)46-51-94(89)112(93)82-47-48-91-96(66-82)114(103-86(69-38-30-24-31-39-69)61-80(109(16,17)18)62-87(103)70-40-32-25-33-41-70)98-65-81(110(19,20)21)64-97-101(98)111(91)92-56-71(83-55-74-54-77(106(7,8)9)52-72-42-43-73-53-78(107(10,11)12)63-90(83)100(73)99(72)74)44-49-95(92)113(97)102-84(67-34-26-22-27-35-67)59-79(108(13,14)15)60-85(102)68-36-28-23-29-37-68/h22-66H,1-21H3/i44D,45D,46D,49D,50D,51D,56D,57D,58D. The Morgan fingerprint density at radius 2 is 0.640 bits per heavy atom. The molecule has 0 bridgehead atoms. The van der Waals surface area contributed by atoms with E-state index < -0.39 is 23.0 Å². The molecule has 3 nitrogen and oxygen atoms in total. The van der Waals surface area contributed by atoms with E-state index in [0.717, 1.165) is 138 Å². The van der Waals surface area contributed by atoms with Gasteiger partial charge >= 0.3 is 0 Å². The van der Waals surface area contributed by atoms with E-state index >= 15 is 0 Å². The summed E-state index contributed by atoms with van der Waals surface area (Å²) in [5.41, 5.74) is 18.4. The SMILES string of the molecule is [2H]c1c([2H])c2c(c([2H])c1-c1cc3cc(C(C)(C)C)cc4ccc5cc(C(C)(C)C)cc1c5c43)B1c3ccc(-n4c5c([2H])c([2H])c(C(C)(C)C)c([2H])c5c5c([2H])c(C(C)(C)C)c([2H])c([2H])c54)cc3N(c3c(-c4ccccc4)cc(C(C)(C)C)cc3-c3ccccc3)c3cc(C(C)(C)C)cc(c31)N2c1c(-c2ccccc2)cc(C(C)(C)C)cc1-c1ccccc1. The van der Waals surface area contributed by atoms with Crippen LogP contribution in [0.2, 0.25) is 0 Å². The Bertz CT molecular complexity index is 6910. The molecule has 3 heterocycles. The molecule has 0 spiro atoms. The average molecular weight is 1490 g/mol. The molecule has 15 aromatic carbocycles. The molecular formula is C110H108BN3. The number of fused-ring (bicyclic) bond motifs is 7. The Labute approximate surface area is 690 Å². The Kier molecular flexibility index (Phi) is 14.7. The van der Waals surface area contributed by atoms with Crippen LogP contribution in [0.15, 0.2) is 273 Å². The Hall–Kier alpha value is -11.2. The van der Waals surface area contributed by atoms with Gasteiger partial charge in [-0.05, 0) is 250 Å². The van der Waals surface area contributed by atoms with Gasteiger partial charge in [-0.1, -0.05) is 327 Å². The topological polar surface area (TPSA) is 11.4 Å². The van der Waals surface area contributed by atoms with Crippen molar-refractivity contribution in [3.05, 3.63) is 312 Å². The summed E-state index contributed by atoms with van der Waals surface area (Å²) in [7, 11) is 0. The minimum atomic E-state index is -0.900. The Morgan fingerprint density at radius 1 is 0.263 bits per heavy atom. The molecule has 18 rings (SSSR count). The fraction of sp³-hybridized carbons (Fsp3) is 0.255. The number of rotatable bonds is 8. The molecular weight excluding hydrogens is 1370 g/mol. The second-order valence-electron chi connectivity index (χ2n) is 39.5. The first kappa shape index (κ1) is 64.2. The van der Waals surface area contributed by atoms with E-state index in [1.165, 1.54) is 0 Å². The van der Waals surface area contributed by atoms with Crippen molar-refractivity contribution in [2.24, 2.45) is 0 Å². The highest BCUT2D eigenvalue weighted by molar-refractivity contribution is 7.00. The smallest absolute Gasteiger partial charge is 0.252 e. The largest absolute Gasteiger partial charge is 0.310 e. The number of aromatic nitrogens is 1. The monoisotopic (exact) mass is 1490 g/mol. The number of hydrogen-bond donors (Lipinski definition) is 0. The van der Waals surface area contributed by atoms with Crippen LogP contribution in [0.3, 0.4) is 0 Å². The molecule has 0 radical (unpaired) electrons. The van der Waals surface area contributed by atoms with Crippen molar-refractivity contribution in [1.82, 2.24) is 4.57 Å². The summed E-state index contributed by atoms with van der Waals surface area (Å²) in [6.07, 6.45) is 0. The highest BCUT2D eigenvalue weighted by Crippen LogP contribution is 2.57. The van der Waals surface area contributed by atoms with Crippen LogP contribution in [0, 0.1) is 0 Å². The number of benzene rings is 15. The van der Waals surface area contributed by atoms with Gasteiger partial charge in [-0.3, -0.25) is 0 Å². The summed E-state index contributed by atoms with van der Waals surface area (Å²) in [6, 6.07) is 78.0. The van der Waals surface area contributed by atoms with E-state index in [1.807, 2.05) is 52.2 Å². The van der Waals surface area contributed by atoms with Gasteiger partial charge in [-0.15, -0.1) is 0 Å². The Morgan fingerprint density at radius 3 is 1.06 bits per heavy atom. The van der Waals surface area contributed by atoms with Crippen LogP contribution in [0.1, 0.15) is 197 Å². The van der Waals surface area contributed by atoms with E-state index in [4.69, 9.17) is 0 Å². The first-order valence-electron chi connectivity index (χ1n) is 45.3. The van der Waals surface area contributed by atoms with Crippen molar-refractivity contribution >= 4 is 111 Å². The molecule has 0 aliphatic carbocycles. The lowest BCUT2D eigenvalue weighted by Gasteiger charge is -2.47. The molecule has 1 aromatic heterocycles. The van der Waals surface area contributed by atoms with Crippen LogP contribution >= 0.6 is 0 Å². The molecule has 16 aromatic rings. The molecule has 2 aliphatic heterocycles. The quantitative estimate of drug-likeness (QED) is 0.111. The first-order chi connectivity index (χ1) is 57.7. The molecule has 0 atom stereocenters. The van der Waals surface area contributed by atoms with E-state index in [1.54, 1.807) is 0 Å². The molecule has 4 heteroatoms. The van der Waals surface area contributed by atoms with Crippen molar-refractivity contribution in [3.63, 3.8) is 0 Å². The van der Waals surface area contributed by atoms with Crippen molar-refractivity contribution in [3.8, 4) is 61.3 Å². The van der Waals surface area contributed by atoms with E-state index in [0.29, 0.717) is 44.8 Å². The summed E-state index contributed by atoms with van der Waals surface area (Å²) in [5, 5.41) is 6.73. The van der Waals surface area contributed by atoms with E-state index in [2.05, 4.69) is 326 Å². The zero-order chi connectivity index (χ0) is 87.8. The molecule has 0 unspecified atom stereocenters. The minimum absolute atomic E-state index is 0.00260. The van der Waals surface area contributed by atoms with Crippen molar-refractivity contribution in [2.75, 3.05) is 9.80 Å². The first-order valence-corrected chi connectivity index (χ1v) is 40.8. The van der Waals surface area contributed by atoms with Crippen molar-refractivity contribution < 1.29 is 12.3 Å². The van der Waals surface area contributed by atoms with E-state index in [-0.39, 0.29) is 97.8 Å². The molecule has 0 amide bonds. The molecule has 0 N–H and O–H groups in total. The van der Waals surface area contributed by atoms with Crippen LogP contribution < -0.4 is 26.2 Å². The van der Waals surface area contributed by atoms with Gasteiger partial charge in [0.1, 0.15) is 0 Å². The number of anilines is 6. The van der Waals surface area contributed by atoms with Gasteiger partial charge in [-0.25, -0.2) is 0 Å². The fourth-order valence-electron chi connectivity index (χ4n) is 17.5. The maximum atomic E-state index is 12.2. The lowest BCUT2D eigenvalue weighted by Crippen LogP contribution is -2.61. The number of nitrogens with zero attached hydrogens (tertiary/aromatic N) is 3. The average Bonchev–Trinajstić information content (AvgIpc) is 1.57. The van der Waals surface area contributed by atoms with Gasteiger partial charge in [0.2, 0.25) is 0 Å².